The number of hydrogen-bond acceptors (Lipinski definition) is 9. The largest absolute Gasteiger partial charge is 0.450 e. The van der Waals surface area contributed by atoms with Crippen LogP contribution in [0, 0.1) is 11.3 Å². The first kappa shape index (κ1) is 31.3. The zero-order chi connectivity index (χ0) is 31.7. The Labute approximate surface area is 267 Å². The quantitative estimate of drug-likeness (QED) is 0.325. The molecule has 1 unspecified atom stereocenters. The number of rotatable bonds is 7. The third-order valence-electron chi connectivity index (χ3n) is 9.24. The van der Waals surface area contributed by atoms with Gasteiger partial charge in [0.05, 0.1) is 48.2 Å². The van der Waals surface area contributed by atoms with E-state index in [9.17, 15) is 10.1 Å². The summed E-state index contributed by atoms with van der Waals surface area (Å²) in [6.45, 7) is 18.2. The highest BCUT2D eigenvalue weighted by Gasteiger charge is 2.34. The maximum absolute atomic E-state index is 12.8. The zero-order valence-corrected chi connectivity index (χ0v) is 28.2. The monoisotopic (exact) mass is 627 g/mol. The lowest BCUT2D eigenvalue weighted by Crippen LogP contribution is -2.54. The number of carbonyl (C=O) groups is 1. The van der Waals surface area contributed by atoms with Gasteiger partial charge in [-0.15, -0.1) is 0 Å². The Kier molecular flexibility index (Phi) is 9.00. The molecule has 0 saturated carbocycles. The average Bonchev–Trinajstić information content (AvgIpc) is 3.35. The fourth-order valence-corrected chi connectivity index (χ4v) is 7.43. The number of hydrogen-bond donors (Lipinski definition) is 0. The second-order valence-electron chi connectivity index (χ2n) is 13.8. The van der Waals surface area contributed by atoms with Crippen molar-refractivity contribution in [2.45, 2.75) is 64.3 Å². The van der Waals surface area contributed by atoms with E-state index in [1.165, 1.54) is 0 Å². The van der Waals surface area contributed by atoms with E-state index in [4.69, 9.17) is 14.5 Å². The van der Waals surface area contributed by atoms with Gasteiger partial charge in [0.2, 0.25) is 0 Å². The molecule has 5 heterocycles. The fourth-order valence-electron chi connectivity index (χ4n) is 6.71. The molecule has 3 atom stereocenters. The lowest BCUT2D eigenvalue weighted by Gasteiger charge is -2.42. The Morgan fingerprint density at radius 2 is 1.87 bits per heavy atom. The van der Waals surface area contributed by atoms with Gasteiger partial charge in [-0.1, -0.05) is 25.7 Å². The van der Waals surface area contributed by atoms with Crippen molar-refractivity contribution >= 4 is 36.6 Å². The van der Waals surface area contributed by atoms with E-state index >= 15 is 0 Å². The first-order valence-corrected chi connectivity index (χ1v) is 19.9. The highest BCUT2D eigenvalue weighted by molar-refractivity contribution is 6.76. The van der Waals surface area contributed by atoms with E-state index < -0.39 is 8.07 Å². The Balaban J connectivity index is 1.04. The van der Waals surface area contributed by atoms with Gasteiger partial charge in [0, 0.05) is 71.2 Å². The van der Waals surface area contributed by atoms with Crippen molar-refractivity contribution < 1.29 is 14.3 Å². The van der Waals surface area contributed by atoms with Crippen molar-refractivity contribution in [2.75, 3.05) is 62.2 Å². The minimum absolute atomic E-state index is 0.0336. The van der Waals surface area contributed by atoms with Crippen molar-refractivity contribution in [2.24, 2.45) is 0 Å². The van der Waals surface area contributed by atoms with Crippen molar-refractivity contribution in [1.82, 2.24) is 19.8 Å². The summed E-state index contributed by atoms with van der Waals surface area (Å²) in [6, 6.07) is 15.4. The molecule has 238 valence electrons. The summed E-state index contributed by atoms with van der Waals surface area (Å²) >= 11 is 0. The lowest BCUT2D eigenvalue weighted by molar-refractivity contribution is -0.0327. The Morgan fingerprint density at radius 1 is 1.07 bits per heavy atom. The molecule has 2 fully saturated rings. The van der Waals surface area contributed by atoms with Gasteiger partial charge in [0.15, 0.2) is 0 Å². The normalized spacial score (nSPS) is 22.4. The minimum atomic E-state index is -1.26. The van der Waals surface area contributed by atoms with Crippen LogP contribution < -0.4 is 9.80 Å². The fraction of sp³-hybridized carbons (Fsp3) is 0.529. The molecule has 0 spiro atoms. The summed E-state index contributed by atoms with van der Waals surface area (Å²) in [5.41, 5.74) is 4.55. The van der Waals surface area contributed by atoms with E-state index in [0.717, 1.165) is 85.5 Å². The number of piperazine rings is 1. The number of nitriles is 1. The Morgan fingerprint density at radius 3 is 2.62 bits per heavy atom. The number of aromatic nitrogens is 2. The van der Waals surface area contributed by atoms with Crippen LogP contribution >= 0.6 is 0 Å². The Hall–Kier alpha value is -3.72. The zero-order valence-electron chi connectivity index (χ0n) is 27.2. The smallest absolute Gasteiger partial charge is 0.410 e. The number of carbonyl (C=O) groups excluding carboxylic acids is 1. The van der Waals surface area contributed by atoms with Gasteiger partial charge in [-0.05, 0) is 55.8 Å². The van der Waals surface area contributed by atoms with Gasteiger partial charge < -0.3 is 19.3 Å². The molecule has 45 heavy (non-hydrogen) atoms. The van der Waals surface area contributed by atoms with Gasteiger partial charge in [-0.25, -0.2) is 9.78 Å². The van der Waals surface area contributed by atoms with E-state index in [2.05, 4.69) is 83.5 Å². The third-order valence-corrected chi connectivity index (χ3v) is 10.9. The topological polar surface area (TPSA) is 98.1 Å². The summed E-state index contributed by atoms with van der Waals surface area (Å²) in [5, 5.41) is 10.6. The molecule has 6 rings (SSSR count). The third kappa shape index (κ3) is 6.93. The van der Waals surface area contributed by atoms with E-state index in [1.807, 2.05) is 12.1 Å². The van der Waals surface area contributed by atoms with Crippen LogP contribution in [0.5, 0.6) is 0 Å². The number of anilines is 2. The molecule has 0 radical (unpaired) electrons. The highest BCUT2D eigenvalue weighted by atomic mass is 28.3. The molecular formula is C34H45N7O3Si. The molecule has 1 amide bonds. The highest BCUT2D eigenvalue weighted by Crippen LogP contribution is 2.35. The van der Waals surface area contributed by atoms with Gasteiger partial charge in [0.25, 0.3) is 0 Å². The number of benzene rings is 1. The summed E-state index contributed by atoms with van der Waals surface area (Å²) < 4.78 is 12.1. The number of morpholine rings is 1. The van der Waals surface area contributed by atoms with Crippen molar-refractivity contribution in [3.05, 3.63) is 59.4 Å². The average molecular weight is 628 g/mol. The van der Waals surface area contributed by atoms with Crippen molar-refractivity contribution in [3.8, 4) is 6.07 Å². The molecule has 2 aromatic heterocycles. The first-order chi connectivity index (χ1) is 21.6. The number of amides is 1. The van der Waals surface area contributed by atoms with Crippen LogP contribution in [0.3, 0.4) is 0 Å². The molecule has 10 nitrogen and oxygen atoms in total. The van der Waals surface area contributed by atoms with Crippen LogP contribution in [0.2, 0.25) is 25.7 Å². The lowest BCUT2D eigenvalue weighted by atomic mass is 10.1. The number of pyridine rings is 2. The van der Waals surface area contributed by atoms with Crippen LogP contribution in [0.25, 0.3) is 10.9 Å². The van der Waals surface area contributed by atoms with E-state index in [-0.39, 0.29) is 24.3 Å². The van der Waals surface area contributed by atoms with Gasteiger partial charge in [-0.2, -0.15) is 5.26 Å². The second kappa shape index (κ2) is 12.9. The molecular weight excluding hydrogens is 583 g/mol. The predicted molar refractivity (Wildman–Crippen MR) is 179 cm³/mol. The molecule has 0 N–H and O–H groups in total. The number of ether oxygens (including phenoxy) is 2. The molecule has 11 heteroatoms. The molecule has 2 saturated heterocycles. The Bertz CT molecular complexity index is 1580. The SMILES string of the molecule is CC1c2ccc(N3CCN(C[C@H]4CN(c5ccc(C#N)c6ncccc56)C[C@@H](C)O4)CC3)nc2CN1C(=O)OCC[Si](C)(C)C. The van der Waals surface area contributed by atoms with E-state index in [0.29, 0.717) is 18.7 Å². The molecule has 3 aliphatic heterocycles. The molecule has 0 aliphatic carbocycles. The number of fused-ring (bicyclic) bond motifs is 2. The molecule has 3 aliphatic rings. The van der Waals surface area contributed by atoms with Gasteiger partial charge in [-0.3, -0.25) is 14.8 Å². The maximum Gasteiger partial charge on any atom is 0.410 e. The molecule has 3 aromatic rings. The minimum Gasteiger partial charge on any atom is -0.450 e. The molecule has 1 aromatic carbocycles. The summed E-state index contributed by atoms with van der Waals surface area (Å²) in [6.07, 6.45) is 1.69. The standard InChI is InChI=1S/C34H45N7O3Si/c1-24-20-40(31-10-8-26(19-35)33-29(31)7-6-12-36-33)22-27(44-24)21-38-13-15-39(16-14-38)32-11-9-28-25(2)41(23-30(28)37-32)34(42)43-17-18-45(3,4)5/h6-12,24-25,27H,13-18,20-23H2,1-5H3/t24-,25?,27+/m1/s1. The van der Waals surface area contributed by atoms with Gasteiger partial charge in [0.1, 0.15) is 11.9 Å². The van der Waals surface area contributed by atoms with Crippen LogP contribution in [0.15, 0.2) is 42.6 Å². The van der Waals surface area contributed by atoms with Crippen molar-refractivity contribution in [1.29, 1.82) is 5.26 Å². The van der Waals surface area contributed by atoms with Crippen LogP contribution in [-0.2, 0) is 16.0 Å². The van der Waals surface area contributed by atoms with Gasteiger partial charge >= 0.3 is 6.09 Å². The summed E-state index contributed by atoms with van der Waals surface area (Å²) in [5.74, 6) is 0.976. The summed E-state index contributed by atoms with van der Waals surface area (Å²) in [7, 11) is -1.26. The van der Waals surface area contributed by atoms with Crippen LogP contribution in [-0.4, -0.2) is 98.6 Å². The maximum atomic E-state index is 12.8. The second-order valence-corrected chi connectivity index (χ2v) is 19.5. The van der Waals surface area contributed by atoms with Crippen LogP contribution in [0.4, 0.5) is 16.3 Å². The van der Waals surface area contributed by atoms with Crippen LogP contribution in [0.1, 0.15) is 36.7 Å². The summed E-state index contributed by atoms with van der Waals surface area (Å²) in [4.78, 5) is 31.4. The van der Waals surface area contributed by atoms with Crippen molar-refractivity contribution in [3.63, 3.8) is 0 Å². The first-order valence-electron chi connectivity index (χ1n) is 16.2. The molecule has 0 bridgehead atoms. The van der Waals surface area contributed by atoms with E-state index in [1.54, 1.807) is 11.1 Å². The number of nitrogens with zero attached hydrogens (tertiary/aromatic N) is 7. The predicted octanol–water partition coefficient (Wildman–Crippen LogP) is 5.27.